The maximum atomic E-state index is 12.9. The summed E-state index contributed by atoms with van der Waals surface area (Å²) in [5, 5.41) is 12.7. The summed E-state index contributed by atoms with van der Waals surface area (Å²) in [6.07, 6.45) is -1.87. The molecule has 0 unspecified atom stereocenters. The number of imidazole rings is 1. The molecule has 1 saturated heterocycles. The Morgan fingerprint density at radius 3 is 2.47 bits per heavy atom. The molecule has 0 saturated carbocycles. The molecule has 3 heterocycles. The zero-order valence-corrected chi connectivity index (χ0v) is 17.7. The highest BCUT2D eigenvalue weighted by molar-refractivity contribution is 5.94. The van der Waals surface area contributed by atoms with Crippen molar-refractivity contribution >= 4 is 17.2 Å². The van der Waals surface area contributed by atoms with Crippen LogP contribution in [0.2, 0.25) is 0 Å². The van der Waals surface area contributed by atoms with Crippen LogP contribution in [0, 0.1) is 5.92 Å². The number of hydrogen-bond acceptors (Lipinski definition) is 4. The predicted octanol–water partition coefficient (Wildman–Crippen LogP) is 4.31. The average Bonchev–Trinajstić information content (AvgIpc) is 3.15. The Hall–Kier alpha value is -3.23. The largest absolute Gasteiger partial charge is 0.506 e. The molecule has 2 N–H and O–H groups in total. The first-order valence-electron chi connectivity index (χ1n) is 10.6. The second-order valence-corrected chi connectivity index (χ2v) is 8.03. The molecule has 4 rings (SSSR count). The van der Waals surface area contributed by atoms with E-state index in [0.717, 1.165) is 11.3 Å². The van der Waals surface area contributed by atoms with Crippen molar-refractivity contribution in [2.45, 2.75) is 38.9 Å². The van der Waals surface area contributed by atoms with Crippen molar-refractivity contribution in [1.82, 2.24) is 14.7 Å². The third-order valence-corrected chi connectivity index (χ3v) is 5.94. The van der Waals surface area contributed by atoms with Crippen LogP contribution in [0.5, 0.6) is 5.75 Å². The molecular formula is C23H25F3N4O2. The summed E-state index contributed by atoms with van der Waals surface area (Å²) in [5.41, 5.74) is 3.38. The first-order chi connectivity index (χ1) is 15.3. The fourth-order valence-electron chi connectivity index (χ4n) is 4.12. The van der Waals surface area contributed by atoms with E-state index in [1.54, 1.807) is 10.5 Å². The number of amides is 1. The van der Waals surface area contributed by atoms with Gasteiger partial charge in [0.1, 0.15) is 17.1 Å². The first kappa shape index (κ1) is 22.0. The van der Waals surface area contributed by atoms with E-state index in [0.29, 0.717) is 43.1 Å². The smallest absolute Gasteiger partial charge is 0.391 e. The summed E-state index contributed by atoms with van der Waals surface area (Å²) in [4.78, 5) is 19.3. The Balaban J connectivity index is 1.40. The second kappa shape index (κ2) is 8.72. The number of aromatic hydroxyl groups is 1. The fraction of sp³-hybridized carbons (Fsp3) is 0.391. The SMILES string of the molecule is CCc1nc2ccc(O)cn2c1C(=O)NCc1ccc(N2CCC(C(F)(F)F)CC2)cc1. The van der Waals surface area contributed by atoms with Gasteiger partial charge in [-0.15, -0.1) is 0 Å². The van der Waals surface area contributed by atoms with Gasteiger partial charge in [-0.2, -0.15) is 13.2 Å². The summed E-state index contributed by atoms with van der Waals surface area (Å²) < 4.78 is 40.2. The first-order valence-corrected chi connectivity index (χ1v) is 10.6. The molecule has 1 fully saturated rings. The van der Waals surface area contributed by atoms with Gasteiger partial charge >= 0.3 is 6.18 Å². The van der Waals surface area contributed by atoms with Crippen molar-refractivity contribution in [1.29, 1.82) is 0 Å². The number of pyridine rings is 1. The molecule has 0 radical (unpaired) electrons. The number of piperidine rings is 1. The second-order valence-electron chi connectivity index (χ2n) is 8.03. The van der Waals surface area contributed by atoms with Crippen LogP contribution in [0.1, 0.15) is 41.5 Å². The minimum absolute atomic E-state index is 0.0430. The summed E-state index contributed by atoms with van der Waals surface area (Å²) in [6, 6.07) is 10.7. The van der Waals surface area contributed by atoms with Crippen LogP contribution >= 0.6 is 0 Å². The molecule has 1 amide bonds. The summed E-state index contributed by atoms with van der Waals surface area (Å²) >= 11 is 0. The van der Waals surface area contributed by atoms with Crippen LogP contribution in [0.25, 0.3) is 5.65 Å². The molecule has 170 valence electrons. The minimum Gasteiger partial charge on any atom is -0.506 e. The number of benzene rings is 1. The number of nitrogens with one attached hydrogen (secondary N) is 1. The number of alkyl halides is 3. The number of aryl methyl sites for hydroxylation is 1. The third kappa shape index (κ3) is 4.51. The number of anilines is 1. The van der Waals surface area contributed by atoms with E-state index in [2.05, 4.69) is 10.3 Å². The van der Waals surface area contributed by atoms with Crippen LogP contribution in [0.4, 0.5) is 18.9 Å². The molecule has 9 heteroatoms. The molecule has 0 bridgehead atoms. The van der Waals surface area contributed by atoms with E-state index in [-0.39, 0.29) is 24.5 Å². The highest BCUT2D eigenvalue weighted by Crippen LogP contribution is 2.35. The van der Waals surface area contributed by atoms with E-state index in [9.17, 15) is 23.1 Å². The van der Waals surface area contributed by atoms with Gasteiger partial charge in [0.15, 0.2) is 0 Å². The van der Waals surface area contributed by atoms with E-state index >= 15 is 0 Å². The van der Waals surface area contributed by atoms with Crippen molar-refractivity contribution in [3.63, 3.8) is 0 Å². The standard InChI is InChI=1S/C23H25F3N4O2/c1-2-19-21(30-14-18(31)7-8-20(30)28-19)22(32)27-13-15-3-5-17(6-4-15)29-11-9-16(10-12-29)23(24,25)26/h3-8,14,16,31H,2,9-13H2,1H3,(H,27,32). The van der Waals surface area contributed by atoms with E-state index in [1.807, 2.05) is 36.1 Å². The summed E-state index contributed by atoms with van der Waals surface area (Å²) in [7, 11) is 0. The Bertz CT molecular complexity index is 1100. The lowest BCUT2D eigenvalue weighted by molar-refractivity contribution is -0.179. The molecular weight excluding hydrogens is 421 g/mol. The monoisotopic (exact) mass is 446 g/mol. The van der Waals surface area contributed by atoms with Crippen LogP contribution in [-0.2, 0) is 13.0 Å². The van der Waals surface area contributed by atoms with Crippen molar-refractivity contribution in [2.75, 3.05) is 18.0 Å². The molecule has 6 nitrogen and oxygen atoms in total. The maximum absolute atomic E-state index is 12.9. The molecule has 3 aromatic rings. The normalized spacial score (nSPS) is 15.3. The summed E-state index contributed by atoms with van der Waals surface area (Å²) in [6.45, 7) is 2.96. The molecule has 2 aromatic heterocycles. The average molecular weight is 446 g/mol. The van der Waals surface area contributed by atoms with Crippen molar-refractivity contribution in [3.8, 4) is 5.75 Å². The number of fused-ring (bicyclic) bond motifs is 1. The maximum Gasteiger partial charge on any atom is 0.391 e. The van der Waals surface area contributed by atoms with Gasteiger partial charge in [-0.3, -0.25) is 9.20 Å². The third-order valence-electron chi connectivity index (χ3n) is 5.94. The van der Waals surface area contributed by atoms with Crippen molar-refractivity contribution in [3.05, 3.63) is 59.5 Å². The quantitative estimate of drug-likeness (QED) is 0.613. The fourth-order valence-corrected chi connectivity index (χ4v) is 4.12. The lowest BCUT2D eigenvalue weighted by Gasteiger charge is -2.34. The predicted molar refractivity (Wildman–Crippen MR) is 115 cm³/mol. The topological polar surface area (TPSA) is 69.9 Å². The van der Waals surface area contributed by atoms with Gasteiger partial charge in [-0.05, 0) is 49.1 Å². The highest BCUT2D eigenvalue weighted by Gasteiger charge is 2.41. The Labute approximate surface area is 183 Å². The van der Waals surface area contributed by atoms with Crippen LogP contribution in [0.3, 0.4) is 0 Å². The van der Waals surface area contributed by atoms with Crippen molar-refractivity contribution < 1.29 is 23.1 Å². The number of rotatable bonds is 5. The molecule has 1 aliphatic heterocycles. The Morgan fingerprint density at radius 1 is 1.16 bits per heavy atom. The van der Waals surface area contributed by atoms with Gasteiger partial charge in [-0.25, -0.2) is 4.98 Å². The molecule has 1 aromatic carbocycles. The van der Waals surface area contributed by atoms with E-state index in [4.69, 9.17) is 0 Å². The van der Waals surface area contributed by atoms with Crippen LogP contribution < -0.4 is 10.2 Å². The molecule has 1 aliphatic rings. The van der Waals surface area contributed by atoms with Gasteiger partial charge in [0.2, 0.25) is 0 Å². The molecule has 0 atom stereocenters. The zero-order chi connectivity index (χ0) is 22.9. The van der Waals surface area contributed by atoms with E-state index in [1.165, 1.54) is 12.3 Å². The number of carbonyl (C=O) groups excluding carboxylic acids is 1. The summed E-state index contributed by atoms with van der Waals surface area (Å²) in [5.74, 6) is -1.47. The minimum atomic E-state index is -4.12. The Kier molecular flexibility index (Phi) is 5.99. The number of halogens is 3. The zero-order valence-electron chi connectivity index (χ0n) is 17.7. The van der Waals surface area contributed by atoms with E-state index < -0.39 is 12.1 Å². The van der Waals surface area contributed by atoms with Gasteiger partial charge in [-0.1, -0.05) is 19.1 Å². The molecule has 0 aliphatic carbocycles. The number of nitrogens with zero attached hydrogens (tertiary/aromatic N) is 3. The number of aromatic nitrogens is 2. The highest BCUT2D eigenvalue weighted by atomic mass is 19.4. The van der Waals surface area contributed by atoms with Crippen molar-refractivity contribution in [2.24, 2.45) is 5.92 Å². The van der Waals surface area contributed by atoms with Gasteiger partial charge < -0.3 is 15.3 Å². The van der Waals surface area contributed by atoms with Gasteiger partial charge in [0, 0.05) is 25.3 Å². The van der Waals surface area contributed by atoms with Gasteiger partial charge in [0.25, 0.3) is 5.91 Å². The number of hydrogen-bond donors (Lipinski definition) is 2. The van der Waals surface area contributed by atoms with Crippen LogP contribution in [0.15, 0.2) is 42.6 Å². The lowest BCUT2D eigenvalue weighted by atomic mass is 9.96. The molecule has 0 spiro atoms. The number of carbonyl (C=O) groups is 1. The Morgan fingerprint density at radius 2 is 1.84 bits per heavy atom. The van der Waals surface area contributed by atoms with Gasteiger partial charge in [0.05, 0.1) is 17.8 Å². The molecule has 32 heavy (non-hydrogen) atoms. The van der Waals surface area contributed by atoms with Crippen LogP contribution in [-0.4, -0.2) is 39.7 Å². The lowest BCUT2D eigenvalue weighted by Crippen LogP contribution is -2.39.